The number of benzene rings is 1. The zero-order valence-electron chi connectivity index (χ0n) is 9.25. The molecular formula is C10H11BrFN3O2. The van der Waals surface area contributed by atoms with Gasteiger partial charge in [-0.05, 0) is 34.1 Å². The molecule has 0 aliphatic rings. The number of halogens is 2. The van der Waals surface area contributed by atoms with Crippen LogP contribution in [0, 0.1) is 5.82 Å². The summed E-state index contributed by atoms with van der Waals surface area (Å²) in [6, 6.07) is 3.34. The van der Waals surface area contributed by atoms with Crippen LogP contribution in [0.25, 0.3) is 0 Å². The monoisotopic (exact) mass is 303 g/mol. The van der Waals surface area contributed by atoms with Crippen LogP contribution in [0.4, 0.5) is 9.18 Å². The third kappa shape index (κ3) is 3.70. The summed E-state index contributed by atoms with van der Waals surface area (Å²) >= 11 is 2.97. The summed E-state index contributed by atoms with van der Waals surface area (Å²) in [4.78, 5) is 23.9. The van der Waals surface area contributed by atoms with Gasteiger partial charge in [-0.2, -0.15) is 0 Å². The molecule has 0 heterocycles. The third-order valence-corrected chi connectivity index (χ3v) is 2.48. The van der Waals surface area contributed by atoms with Crippen LogP contribution in [0.15, 0.2) is 22.7 Å². The molecule has 0 aliphatic carbocycles. The van der Waals surface area contributed by atoms with Crippen molar-refractivity contribution in [1.29, 1.82) is 0 Å². The van der Waals surface area contributed by atoms with Crippen LogP contribution in [0.2, 0.25) is 0 Å². The minimum absolute atomic E-state index is 0.184. The van der Waals surface area contributed by atoms with Crippen molar-refractivity contribution in [3.8, 4) is 0 Å². The highest BCUT2D eigenvalue weighted by Crippen LogP contribution is 2.16. The van der Waals surface area contributed by atoms with Crippen LogP contribution >= 0.6 is 15.9 Å². The quantitative estimate of drug-likeness (QED) is 0.773. The van der Waals surface area contributed by atoms with E-state index in [1.165, 1.54) is 31.1 Å². The van der Waals surface area contributed by atoms with Gasteiger partial charge in [-0.3, -0.25) is 10.2 Å². The number of hydrazine groups is 1. The Morgan fingerprint density at radius 1 is 1.29 bits per heavy atom. The lowest BCUT2D eigenvalue weighted by molar-refractivity contribution is 0.0932. The molecule has 0 saturated heterocycles. The Labute approximate surface area is 106 Å². The minimum atomic E-state index is -0.527. The van der Waals surface area contributed by atoms with Crippen molar-refractivity contribution in [3.05, 3.63) is 34.1 Å². The predicted octanol–water partition coefficient (Wildman–Crippen LogP) is 1.50. The number of nitrogens with one attached hydrogen (secondary N) is 2. The molecule has 0 unspecified atom stereocenters. The zero-order valence-corrected chi connectivity index (χ0v) is 10.8. The summed E-state index contributed by atoms with van der Waals surface area (Å²) in [7, 11) is 3.08. The van der Waals surface area contributed by atoms with Crippen molar-refractivity contribution in [2.24, 2.45) is 0 Å². The third-order valence-electron chi connectivity index (χ3n) is 1.87. The van der Waals surface area contributed by atoms with Crippen LogP contribution < -0.4 is 10.9 Å². The molecule has 1 aromatic carbocycles. The van der Waals surface area contributed by atoms with Crippen molar-refractivity contribution >= 4 is 27.9 Å². The highest BCUT2D eigenvalue weighted by atomic mass is 79.9. The van der Waals surface area contributed by atoms with Crippen LogP contribution in [0.5, 0.6) is 0 Å². The van der Waals surface area contributed by atoms with E-state index in [0.29, 0.717) is 0 Å². The second-order valence-corrected chi connectivity index (χ2v) is 4.26. The fourth-order valence-corrected chi connectivity index (χ4v) is 1.31. The second kappa shape index (κ2) is 5.62. The molecule has 5 nitrogen and oxygen atoms in total. The highest BCUT2D eigenvalue weighted by Gasteiger charge is 2.10. The molecular weight excluding hydrogens is 293 g/mol. The van der Waals surface area contributed by atoms with E-state index in [1.54, 1.807) is 0 Å². The van der Waals surface area contributed by atoms with Gasteiger partial charge in [-0.25, -0.2) is 14.6 Å². The second-order valence-electron chi connectivity index (χ2n) is 3.41. The lowest BCUT2D eigenvalue weighted by atomic mass is 10.2. The van der Waals surface area contributed by atoms with Crippen molar-refractivity contribution in [2.45, 2.75) is 0 Å². The van der Waals surface area contributed by atoms with E-state index >= 15 is 0 Å². The Kier molecular flexibility index (Phi) is 4.45. The van der Waals surface area contributed by atoms with E-state index in [2.05, 4.69) is 26.8 Å². The van der Waals surface area contributed by atoms with Crippen LogP contribution in [0.3, 0.4) is 0 Å². The van der Waals surface area contributed by atoms with Gasteiger partial charge in [0.15, 0.2) is 0 Å². The molecule has 17 heavy (non-hydrogen) atoms. The Bertz CT molecular complexity index is 451. The van der Waals surface area contributed by atoms with Crippen LogP contribution in [0.1, 0.15) is 10.4 Å². The van der Waals surface area contributed by atoms with Crippen molar-refractivity contribution in [3.63, 3.8) is 0 Å². The maximum atomic E-state index is 12.9. The number of nitrogens with zero attached hydrogens (tertiary/aromatic N) is 1. The largest absolute Gasteiger partial charge is 0.335 e. The SMILES string of the molecule is CN(C)C(=O)NNC(=O)c1ccc(F)c(Br)c1. The van der Waals surface area contributed by atoms with E-state index in [4.69, 9.17) is 0 Å². The van der Waals surface area contributed by atoms with Crippen LogP contribution in [-0.2, 0) is 0 Å². The molecule has 0 spiro atoms. The summed E-state index contributed by atoms with van der Waals surface area (Å²) in [5, 5.41) is 0. The fourth-order valence-electron chi connectivity index (χ4n) is 0.932. The first-order valence-corrected chi connectivity index (χ1v) is 5.44. The molecule has 1 rings (SSSR count). The number of rotatable bonds is 1. The van der Waals surface area contributed by atoms with Gasteiger partial charge in [0.05, 0.1) is 4.47 Å². The summed E-state index contributed by atoms with van der Waals surface area (Å²) in [5.74, 6) is -0.986. The smallest absolute Gasteiger partial charge is 0.330 e. The Morgan fingerprint density at radius 3 is 2.47 bits per heavy atom. The topological polar surface area (TPSA) is 61.4 Å². The number of carbonyl (C=O) groups is 2. The van der Waals surface area contributed by atoms with Gasteiger partial charge in [-0.1, -0.05) is 0 Å². The van der Waals surface area contributed by atoms with E-state index in [-0.39, 0.29) is 10.0 Å². The van der Waals surface area contributed by atoms with Crippen molar-refractivity contribution in [1.82, 2.24) is 15.8 Å². The van der Waals surface area contributed by atoms with E-state index in [0.717, 1.165) is 6.07 Å². The first-order chi connectivity index (χ1) is 7.91. The molecule has 3 amide bonds. The molecule has 0 aromatic heterocycles. The van der Waals surface area contributed by atoms with Gasteiger partial charge < -0.3 is 4.90 Å². The van der Waals surface area contributed by atoms with E-state index in [1.807, 2.05) is 0 Å². The molecule has 0 atom stereocenters. The Morgan fingerprint density at radius 2 is 1.94 bits per heavy atom. The van der Waals surface area contributed by atoms with Gasteiger partial charge in [0, 0.05) is 19.7 Å². The molecule has 0 aliphatic heterocycles. The molecule has 0 fully saturated rings. The maximum Gasteiger partial charge on any atom is 0.335 e. The standard InChI is InChI=1S/C10H11BrFN3O2/c1-15(2)10(17)14-13-9(16)6-3-4-8(12)7(11)5-6/h3-5H,1-2H3,(H,13,16)(H,14,17). The van der Waals surface area contributed by atoms with Gasteiger partial charge in [0.25, 0.3) is 5.91 Å². The lowest BCUT2D eigenvalue weighted by Gasteiger charge is -2.12. The minimum Gasteiger partial charge on any atom is -0.330 e. The number of hydrogen-bond donors (Lipinski definition) is 2. The van der Waals surface area contributed by atoms with Gasteiger partial charge in [0.2, 0.25) is 0 Å². The van der Waals surface area contributed by atoms with Gasteiger partial charge in [0.1, 0.15) is 5.82 Å². The first-order valence-electron chi connectivity index (χ1n) is 4.64. The average Bonchev–Trinajstić information content (AvgIpc) is 2.28. The summed E-state index contributed by atoms with van der Waals surface area (Å²) in [5.41, 5.74) is 4.63. The summed E-state index contributed by atoms with van der Waals surface area (Å²) in [6.07, 6.45) is 0. The predicted molar refractivity (Wildman–Crippen MR) is 63.8 cm³/mol. The van der Waals surface area contributed by atoms with E-state index < -0.39 is 17.8 Å². The molecule has 92 valence electrons. The van der Waals surface area contributed by atoms with Crippen molar-refractivity contribution < 1.29 is 14.0 Å². The lowest BCUT2D eigenvalue weighted by Crippen LogP contribution is -2.46. The van der Waals surface area contributed by atoms with Crippen molar-refractivity contribution in [2.75, 3.05) is 14.1 Å². The first kappa shape index (κ1) is 13.4. The van der Waals surface area contributed by atoms with Gasteiger partial charge in [-0.15, -0.1) is 0 Å². The number of carbonyl (C=O) groups excluding carboxylic acids is 2. The van der Waals surface area contributed by atoms with E-state index in [9.17, 15) is 14.0 Å². The maximum absolute atomic E-state index is 12.9. The Balaban J connectivity index is 2.64. The molecule has 0 saturated carbocycles. The number of amides is 3. The molecule has 2 N–H and O–H groups in total. The normalized spacial score (nSPS) is 9.65. The average molecular weight is 304 g/mol. The molecule has 7 heteroatoms. The summed E-state index contributed by atoms with van der Waals surface area (Å²) < 4.78 is 13.1. The molecule has 0 radical (unpaired) electrons. The highest BCUT2D eigenvalue weighted by molar-refractivity contribution is 9.10. The number of hydrogen-bond acceptors (Lipinski definition) is 2. The van der Waals surface area contributed by atoms with Gasteiger partial charge >= 0.3 is 6.03 Å². The van der Waals surface area contributed by atoms with Crippen LogP contribution in [-0.4, -0.2) is 30.9 Å². The summed E-state index contributed by atoms with van der Waals surface area (Å²) in [6.45, 7) is 0. The molecule has 0 bridgehead atoms. The number of urea groups is 1. The fraction of sp³-hybridized carbons (Fsp3) is 0.200. The molecule has 1 aromatic rings. The zero-order chi connectivity index (χ0) is 13.0. The Hall–Kier alpha value is -1.63.